The van der Waals surface area contributed by atoms with Crippen LogP contribution in [0.25, 0.3) is 0 Å². The van der Waals surface area contributed by atoms with E-state index in [1.165, 1.54) is 11.1 Å². The summed E-state index contributed by atoms with van der Waals surface area (Å²) in [5.74, 6) is -0.0371. The molecule has 0 radical (unpaired) electrons. The molecule has 2 heterocycles. The molecule has 1 amide bonds. The van der Waals surface area contributed by atoms with E-state index >= 15 is 0 Å². The molecule has 0 spiro atoms. The van der Waals surface area contributed by atoms with Crippen LogP contribution in [-0.2, 0) is 17.8 Å². The number of rotatable bonds is 3. The molecular weight excluding hydrogens is 286 g/mol. The minimum absolute atomic E-state index is 0.0371. The van der Waals surface area contributed by atoms with Crippen LogP contribution >= 0.6 is 11.5 Å². The number of ether oxygens (including phenoxy) is 1. The average Bonchev–Trinajstić information content (AvgIpc) is 2.92. The highest BCUT2D eigenvalue weighted by molar-refractivity contribution is 7.07. The van der Waals surface area contributed by atoms with Gasteiger partial charge in [0, 0.05) is 20.0 Å². The monoisotopic (exact) mass is 303 g/mol. The summed E-state index contributed by atoms with van der Waals surface area (Å²) in [7, 11) is 1.80. The van der Waals surface area contributed by atoms with Crippen molar-refractivity contribution < 1.29 is 9.53 Å². The Morgan fingerprint density at radius 1 is 1.43 bits per heavy atom. The Kier molecular flexibility index (Phi) is 3.98. The zero-order valence-electron chi connectivity index (χ0n) is 12.1. The van der Waals surface area contributed by atoms with Crippen molar-refractivity contribution in [1.29, 1.82) is 0 Å². The van der Waals surface area contributed by atoms with Gasteiger partial charge >= 0.3 is 0 Å². The molecule has 0 fully saturated rings. The Balaban J connectivity index is 1.65. The van der Waals surface area contributed by atoms with Crippen LogP contribution in [0.3, 0.4) is 0 Å². The molecule has 2 aromatic rings. The number of carbonyl (C=O) groups is 1. The molecule has 0 bridgehead atoms. The third-order valence-electron chi connectivity index (χ3n) is 3.71. The SMILES string of the molecule is Cc1nnsc1C(=O)N(C)C[C@@H]1Cc2ccccc2CO1. The van der Waals surface area contributed by atoms with E-state index in [0.717, 1.165) is 18.0 Å². The van der Waals surface area contributed by atoms with Gasteiger partial charge in [-0.3, -0.25) is 4.79 Å². The fourth-order valence-corrected chi connectivity index (χ4v) is 3.17. The molecule has 3 rings (SSSR count). The van der Waals surface area contributed by atoms with E-state index in [9.17, 15) is 4.79 Å². The van der Waals surface area contributed by atoms with Crippen LogP contribution in [0.15, 0.2) is 24.3 Å². The number of carbonyl (C=O) groups excluding carboxylic acids is 1. The lowest BCUT2D eigenvalue weighted by molar-refractivity contribution is 0.00993. The molecule has 0 aliphatic carbocycles. The molecular formula is C15H17N3O2S. The summed E-state index contributed by atoms with van der Waals surface area (Å²) in [6.45, 7) is 2.99. The van der Waals surface area contributed by atoms with Gasteiger partial charge < -0.3 is 9.64 Å². The molecule has 1 aromatic carbocycles. The lowest BCUT2D eigenvalue weighted by Gasteiger charge is -2.28. The second-order valence-corrected chi connectivity index (χ2v) is 6.03. The Morgan fingerprint density at radius 3 is 2.90 bits per heavy atom. The van der Waals surface area contributed by atoms with Crippen LogP contribution in [-0.4, -0.2) is 40.1 Å². The van der Waals surface area contributed by atoms with Gasteiger partial charge in [-0.25, -0.2) is 0 Å². The van der Waals surface area contributed by atoms with Crippen LogP contribution in [0, 0.1) is 6.92 Å². The Labute approximate surface area is 127 Å². The largest absolute Gasteiger partial charge is 0.371 e. The molecule has 0 unspecified atom stereocenters. The molecule has 0 saturated heterocycles. The summed E-state index contributed by atoms with van der Waals surface area (Å²) < 4.78 is 9.67. The third-order valence-corrected chi connectivity index (χ3v) is 4.53. The molecule has 110 valence electrons. The van der Waals surface area contributed by atoms with Crippen LogP contribution in [0.1, 0.15) is 26.5 Å². The van der Waals surface area contributed by atoms with Gasteiger partial charge in [0.2, 0.25) is 0 Å². The average molecular weight is 303 g/mol. The van der Waals surface area contributed by atoms with Crippen molar-refractivity contribution in [2.45, 2.75) is 26.1 Å². The van der Waals surface area contributed by atoms with E-state index in [2.05, 4.69) is 21.7 Å². The first-order valence-electron chi connectivity index (χ1n) is 6.88. The maximum absolute atomic E-state index is 12.3. The van der Waals surface area contributed by atoms with Gasteiger partial charge in [-0.05, 0) is 29.6 Å². The number of aryl methyl sites for hydroxylation is 1. The maximum atomic E-state index is 12.3. The van der Waals surface area contributed by atoms with Gasteiger partial charge in [0.25, 0.3) is 5.91 Å². The summed E-state index contributed by atoms with van der Waals surface area (Å²) in [5, 5.41) is 3.89. The topological polar surface area (TPSA) is 55.3 Å². The highest BCUT2D eigenvalue weighted by Gasteiger charge is 2.24. The maximum Gasteiger partial charge on any atom is 0.267 e. The van der Waals surface area contributed by atoms with Gasteiger partial charge in [0.1, 0.15) is 4.88 Å². The minimum Gasteiger partial charge on any atom is -0.371 e. The number of likely N-dealkylation sites (N-methyl/N-ethyl adjacent to an activating group) is 1. The Morgan fingerprint density at radius 2 is 2.19 bits per heavy atom. The number of nitrogens with zero attached hydrogens (tertiary/aromatic N) is 3. The Bertz CT molecular complexity index is 656. The molecule has 1 aromatic heterocycles. The van der Waals surface area contributed by atoms with Crippen molar-refractivity contribution in [3.05, 3.63) is 46.0 Å². The minimum atomic E-state index is -0.0371. The zero-order valence-corrected chi connectivity index (χ0v) is 12.9. The number of amides is 1. The quantitative estimate of drug-likeness (QED) is 0.871. The van der Waals surface area contributed by atoms with Crippen molar-refractivity contribution in [3.8, 4) is 0 Å². The number of hydrogen-bond donors (Lipinski definition) is 0. The van der Waals surface area contributed by atoms with Gasteiger partial charge in [-0.15, -0.1) is 5.10 Å². The van der Waals surface area contributed by atoms with E-state index in [0.29, 0.717) is 23.7 Å². The summed E-state index contributed by atoms with van der Waals surface area (Å²) in [6.07, 6.45) is 0.878. The lowest BCUT2D eigenvalue weighted by atomic mass is 9.99. The van der Waals surface area contributed by atoms with E-state index in [1.807, 2.05) is 12.1 Å². The summed E-state index contributed by atoms with van der Waals surface area (Å²) in [5.41, 5.74) is 3.24. The van der Waals surface area contributed by atoms with Crippen molar-refractivity contribution in [2.24, 2.45) is 0 Å². The first-order chi connectivity index (χ1) is 10.1. The van der Waals surface area contributed by atoms with Gasteiger partial charge in [0.05, 0.1) is 18.4 Å². The molecule has 6 heteroatoms. The molecule has 21 heavy (non-hydrogen) atoms. The van der Waals surface area contributed by atoms with E-state index < -0.39 is 0 Å². The first kappa shape index (κ1) is 14.2. The van der Waals surface area contributed by atoms with E-state index in [-0.39, 0.29) is 12.0 Å². The van der Waals surface area contributed by atoms with Gasteiger partial charge in [-0.1, -0.05) is 28.8 Å². The summed E-state index contributed by atoms with van der Waals surface area (Å²) >= 11 is 1.14. The number of fused-ring (bicyclic) bond motifs is 1. The predicted molar refractivity (Wildman–Crippen MR) is 80.3 cm³/mol. The van der Waals surface area contributed by atoms with E-state index in [1.54, 1.807) is 18.9 Å². The smallest absolute Gasteiger partial charge is 0.267 e. The second kappa shape index (κ2) is 5.91. The Hall–Kier alpha value is -1.79. The second-order valence-electron chi connectivity index (χ2n) is 5.28. The van der Waals surface area contributed by atoms with Crippen LogP contribution < -0.4 is 0 Å². The van der Waals surface area contributed by atoms with Crippen LogP contribution in [0.2, 0.25) is 0 Å². The predicted octanol–water partition coefficient (Wildman–Crippen LogP) is 2.06. The number of benzene rings is 1. The third kappa shape index (κ3) is 2.96. The van der Waals surface area contributed by atoms with Crippen molar-refractivity contribution in [3.63, 3.8) is 0 Å². The molecule has 1 aliphatic rings. The number of hydrogen-bond acceptors (Lipinski definition) is 5. The standard InChI is InChI=1S/C15H17N3O2S/c1-10-14(21-17-16-10)15(19)18(2)8-13-7-11-5-3-4-6-12(11)9-20-13/h3-6,13H,7-9H2,1-2H3/t13-/m0/s1. The fourth-order valence-electron chi connectivity index (χ4n) is 2.52. The van der Waals surface area contributed by atoms with Gasteiger partial charge in [-0.2, -0.15) is 0 Å². The summed E-state index contributed by atoms with van der Waals surface area (Å²) in [6, 6.07) is 8.29. The van der Waals surface area contributed by atoms with Crippen molar-refractivity contribution in [2.75, 3.05) is 13.6 Å². The lowest BCUT2D eigenvalue weighted by Crippen LogP contribution is -2.38. The highest BCUT2D eigenvalue weighted by Crippen LogP contribution is 2.21. The van der Waals surface area contributed by atoms with Gasteiger partial charge in [0.15, 0.2) is 0 Å². The normalized spacial score (nSPS) is 17.3. The molecule has 0 N–H and O–H groups in total. The molecule has 5 nitrogen and oxygen atoms in total. The fraction of sp³-hybridized carbons (Fsp3) is 0.400. The number of aromatic nitrogens is 2. The van der Waals surface area contributed by atoms with Crippen molar-refractivity contribution in [1.82, 2.24) is 14.5 Å². The van der Waals surface area contributed by atoms with E-state index in [4.69, 9.17) is 4.74 Å². The summed E-state index contributed by atoms with van der Waals surface area (Å²) in [4.78, 5) is 14.6. The van der Waals surface area contributed by atoms with Crippen LogP contribution in [0.5, 0.6) is 0 Å². The molecule has 1 atom stereocenters. The first-order valence-corrected chi connectivity index (χ1v) is 7.65. The van der Waals surface area contributed by atoms with Crippen molar-refractivity contribution >= 4 is 17.4 Å². The zero-order chi connectivity index (χ0) is 14.8. The highest BCUT2D eigenvalue weighted by atomic mass is 32.1. The van der Waals surface area contributed by atoms with Crippen LogP contribution in [0.4, 0.5) is 0 Å². The molecule has 1 aliphatic heterocycles. The molecule has 0 saturated carbocycles.